The van der Waals surface area contributed by atoms with Gasteiger partial charge in [-0.25, -0.2) is 0 Å². The molecular formula is C18H16O2. The Hall–Kier alpha value is -2.53. The van der Waals surface area contributed by atoms with E-state index in [2.05, 4.69) is 11.8 Å². The molecule has 2 aromatic rings. The first-order valence-corrected chi connectivity index (χ1v) is 6.53. The Morgan fingerprint density at radius 3 is 2.50 bits per heavy atom. The van der Waals surface area contributed by atoms with Crippen LogP contribution < -0.4 is 4.74 Å². The van der Waals surface area contributed by atoms with Crippen LogP contribution in [-0.2, 0) is 0 Å². The predicted octanol–water partition coefficient (Wildman–Crippen LogP) is 3.69. The zero-order valence-corrected chi connectivity index (χ0v) is 11.6. The highest BCUT2D eigenvalue weighted by Crippen LogP contribution is 2.18. The Morgan fingerprint density at radius 1 is 1.10 bits per heavy atom. The topological polar surface area (TPSA) is 26.3 Å². The zero-order chi connectivity index (χ0) is 14.4. The van der Waals surface area contributed by atoms with Crippen molar-refractivity contribution in [3.8, 4) is 17.6 Å². The van der Waals surface area contributed by atoms with Crippen molar-refractivity contribution in [3.05, 3.63) is 65.2 Å². The molecule has 0 aliphatic heterocycles. The van der Waals surface area contributed by atoms with Crippen molar-refractivity contribution in [2.75, 3.05) is 7.11 Å². The summed E-state index contributed by atoms with van der Waals surface area (Å²) in [5.41, 5.74) is 2.29. The van der Waals surface area contributed by atoms with Gasteiger partial charge in [0.15, 0.2) is 5.78 Å². The highest BCUT2D eigenvalue weighted by Gasteiger charge is 2.09. The molecule has 0 aliphatic rings. The fraction of sp³-hybridized carbons (Fsp3) is 0.167. The highest BCUT2D eigenvalue weighted by atomic mass is 16.5. The van der Waals surface area contributed by atoms with Crippen LogP contribution in [0.15, 0.2) is 48.5 Å². The Balaban J connectivity index is 2.41. The molecule has 0 N–H and O–H groups in total. The molecule has 0 heterocycles. The van der Waals surface area contributed by atoms with E-state index in [1.807, 2.05) is 49.4 Å². The van der Waals surface area contributed by atoms with Crippen molar-refractivity contribution in [3.63, 3.8) is 0 Å². The summed E-state index contributed by atoms with van der Waals surface area (Å²) in [6, 6.07) is 15.1. The van der Waals surface area contributed by atoms with Crippen molar-refractivity contribution < 1.29 is 9.53 Å². The molecule has 20 heavy (non-hydrogen) atoms. The predicted molar refractivity (Wildman–Crippen MR) is 80.0 cm³/mol. The molecular weight excluding hydrogens is 248 g/mol. The lowest BCUT2D eigenvalue weighted by Gasteiger charge is -2.05. The summed E-state index contributed by atoms with van der Waals surface area (Å²) in [7, 11) is 1.59. The lowest BCUT2D eigenvalue weighted by molar-refractivity contribution is 0.0987. The van der Waals surface area contributed by atoms with Gasteiger partial charge in [0.2, 0.25) is 0 Å². The van der Waals surface area contributed by atoms with Crippen LogP contribution in [0.4, 0.5) is 0 Å². The third-order valence-corrected chi connectivity index (χ3v) is 2.96. The van der Waals surface area contributed by atoms with E-state index in [1.165, 1.54) is 0 Å². The number of benzene rings is 2. The van der Waals surface area contributed by atoms with E-state index >= 15 is 0 Å². The SMILES string of the molecule is CCC(=O)c1cc(OC)ccc1C#Cc1ccccc1. The second-order valence-electron chi connectivity index (χ2n) is 4.30. The molecule has 0 unspecified atom stereocenters. The fourth-order valence-corrected chi connectivity index (χ4v) is 1.84. The van der Waals surface area contributed by atoms with Gasteiger partial charge in [-0.2, -0.15) is 0 Å². The zero-order valence-electron chi connectivity index (χ0n) is 11.6. The minimum Gasteiger partial charge on any atom is -0.497 e. The summed E-state index contributed by atoms with van der Waals surface area (Å²) in [5.74, 6) is 6.89. The number of carbonyl (C=O) groups is 1. The van der Waals surface area contributed by atoms with Gasteiger partial charge in [-0.1, -0.05) is 37.0 Å². The van der Waals surface area contributed by atoms with Gasteiger partial charge >= 0.3 is 0 Å². The molecule has 0 spiro atoms. The highest BCUT2D eigenvalue weighted by molar-refractivity contribution is 5.98. The van der Waals surface area contributed by atoms with Crippen molar-refractivity contribution in [1.29, 1.82) is 0 Å². The molecule has 100 valence electrons. The third-order valence-electron chi connectivity index (χ3n) is 2.96. The third kappa shape index (κ3) is 3.27. The van der Waals surface area contributed by atoms with Crippen LogP contribution in [0.25, 0.3) is 0 Å². The van der Waals surface area contributed by atoms with E-state index in [1.54, 1.807) is 13.2 Å². The number of hydrogen-bond donors (Lipinski definition) is 0. The minimum absolute atomic E-state index is 0.0706. The Morgan fingerprint density at radius 2 is 1.85 bits per heavy atom. The second-order valence-corrected chi connectivity index (χ2v) is 4.30. The van der Waals surface area contributed by atoms with Crippen LogP contribution >= 0.6 is 0 Å². The molecule has 0 aromatic heterocycles. The van der Waals surface area contributed by atoms with Crippen LogP contribution in [-0.4, -0.2) is 12.9 Å². The number of methoxy groups -OCH3 is 1. The van der Waals surface area contributed by atoms with Gasteiger partial charge in [-0.05, 0) is 30.3 Å². The number of carbonyl (C=O) groups excluding carboxylic acids is 1. The van der Waals surface area contributed by atoms with Crippen LogP contribution in [0.2, 0.25) is 0 Å². The molecule has 2 aromatic carbocycles. The van der Waals surface area contributed by atoms with Crippen LogP contribution in [0.3, 0.4) is 0 Å². The number of Topliss-reactive ketones (excluding diaryl/α,β-unsaturated/α-hetero) is 1. The van der Waals surface area contributed by atoms with E-state index in [0.717, 1.165) is 11.1 Å². The summed E-state index contributed by atoms with van der Waals surface area (Å²) in [5, 5.41) is 0. The van der Waals surface area contributed by atoms with Crippen LogP contribution in [0.1, 0.15) is 34.8 Å². The van der Waals surface area contributed by atoms with Crippen molar-refractivity contribution in [2.45, 2.75) is 13.3 Å². The summed E-state index contributed by atoms with van der Waals surface area (Å²) >= 11 is 0. The number of ketones is 1. The molecule has 0 saturated heterocycles. The first-order valence-electron chi connectivity index (χ1n) is 6.53. The number of rotatable bonds is 3. The molecule has 0 amide bonds. The van der Waals surface area contributed by atoms with Crippen LogP contribution in [0, 0.1) is 11.8 Å². The minimum atomic E-state index is 0.0706. The lowest BCUT2D eigenvalue weighted by atomic mass is 10.0. The molecule has 2 rings (SSSR count). The summed E-state index contributed by atoms with van der Waals surface area (Å²) in [6.07, 6.45) is 0.452. The largest absolute Gasteiger partial charge is 0.497 e. The van der Waals surface area contributed by atoms with E-state index in [9.17, 15) is 4.79 Å². The average molecular weight is 264 g/mol. The quantitative estimate of drug-likeness (QED) is 0.624. The van der Waals surface area contributed by atoms with Crippen molar-refractivity contribution in [1.82, 2.24) is 0 Å². The molecule has 0 radical (unpaired) electrons. The average Bonchev–Trinajstić information content (AvgIpc) is 2.53. The smallest absolute Gasteiger partial charge is 0.163 e. The lowest BCUT2D eigenvalue weighted by Crippen LogP contribution is -2.01. The van der Waals surface area contributed by atoms with Gasteiger partial charge in [-0.3, -0.25) is 4.79 Å². The van der Waals surface area contributed by atoms with Gasteiger partial charge in [-0.15, -0.1) is 0 Å². The second kappa shape index (κ2) is 6.58. The molecule has 0 aliphatic carbocycles. The molecule has 2 nitrogen and oxygen atoms in total. The maximum Gasteiger partial charge on any atom is 0.163 e. The van der Waals surface area contributed by atoms with E-state index in [0.29, 0.717) is 17.7 Å². The number of ether oxygens (including phenoxy) is 1. The monoisotopic (exact) mass is 264 g/mol. The van der Waals surface area contributed by atoms with Crippen LogP contribution in [0.5, 0.6) is 5.75 Å². The van der Waals surface area contributed by atoms with Gasteiger partial charge in [0.25, 0.3) is 0 Å². The maximum absolute atomic E-state index is 12.0. The van der Waals surface area contributed by atoms with Gasteiger partial charge in [0, 0.05) is 23.1 Å². The molecule has 0 bridgehead atoms. The van der Waals surface area contributed by atoms with Gasteiger partial charge in [0.1, 0.15) is 5.75 Å². The van der Waals surface area contributed by atoms with E-state index in [-0.39, 0.29) is 5.78 Å². The Bertz CT molecular complexity index is 661. The van der Waals surface area contributed by atoms with Crippen molar-refractivity contribution in [2.24, 2.45) is 0 Å². The van der Waals surface area contributed by atoms with Gasteiger partial charge < -0.3 is 4.74 Å². The number of hydrogen-bond acceptors (Lipinski definition) is 2. The molecule has 0 saturated carbocycles. The first kappa shape index (κ1) is 13.9. The normalized spacial score (nSPS) is 9.50. The van der Waals surface area contributed by atoms with Gasteiger partial charge in [0.05, 0.1) is 7.11 Å². The van der Waals surface area contributed by atoms with E-state index in [4.69, 9.17) is 4.74 Å². The molecule has 0 atom stereocenters. The maximum atomic E-state index is 12.0. The summed E-state index contributed by atoms with van der Waals surface area (Å²) < 4.78 is 5.17. The molecule has 0 fully saturated rings. The first-order chi connectivity index (χ1) is 9.74. The summed E-state index contributed by atoms with van der Waals surface area (Å²) in [6.45, 7) is 1.84. The van der Waals surface area contributed by atoms with E-state index < -0.39 is 0 Å². The standard InChI is InChI=1S/C18H16O2/c1-3-18(19)17-13-16(20-2)12-11-15(17)10-9-14-7-5-4-6-8-14/h4-8,11-13H,3H2,1-2H3. The fourth-order valence-electron chi connectivity index (χ4n) is 1.84. The summed E-state index contributed by atoms with van der Waals surface area (Å²) in [4.78, 5) is 12.0. The Labute approximate surface area is 119 Å². The molecule has 2 heteroatoms. The Kier molecular flexibility index (Phi) is 4.57. The van der Waals surface area contributed by atoms with Crippen molar-refractivity contribution >= 4 is 5.78 Å².